The number of nitrogens with zero attached hydrogens (tertiary/aromatic N) is 1. The number of aryl methyl sites for hydroxylation is 1. The number of ether oxygens (including phenoxy) is 1. The molecular formula is C21H24F2N2O3. The van der Waals surface area contributed by atoms with E-state index >= 15 is 0 Å². The highest BCUT2D eigenvalue weighted by molar-refractivity contribution is 5.94. The van der Waals surface area contributed by atoms with Crippen molar-refractivity contribution in [2.45, 2.75) is 40.2 Å². The number of pyridine rings is 1. The maximum atomic E-state index is 12.4. The summed E-state index contributed by atoms with van der Waals surface area (Å²) in [5, 5.41) is 2.78. The van der Waals surface area contributed by atoms with E-state index in [-0.39, 0.29) is 30.6 Å². The molecule has 1 aromatic heterocycles. The molecule has 0 saturated carbocycles. The SMILES string of the molecule is Cc1cc(CNC(=O)c2ccnc(CC(=O)C(C)C)c2)cc(OCC(F)F)c1. The molecule has 0 aliphatic carbocycles. The average molecular weight is 390 g/mol. The Morgan fingerprint density at radius 1 is 1.18 bits per heavy atom. The van der Waals surface area contributed by atoms with Crippen LogP contribution in [0.25, 0.3) is 0 Å². The quantitative estimate of drug-likeness (QED) is 0.708. The fourth-order valence-corrected chi connectivity index (χ4v) is 2.55. The van der Waals surface area contributed by atoms with Crippen molar-refractivity contribution < 1.29 is 23.1 Å². The monoisotopic (exact) mass is 390 g/mol. The van der Waals surface area contributed by atoms with Gasteiger partial charge in [-0.25, -0.2) is 8.78 Å². The molecule has 2 aromatic rings. The Morgan fingerprint density at radius 2 is 1.93 bits per heavy atom. The number of ketones is 1. The van der Waals surface area contributed by atoms with E-state index < -0.39 is 13.0 Å². The van der Waals surface area contributed by atoms with Gasteiger partial charge >= 0.3 is 0 Å². The van der Waals surface area contributed by atoms with Crippen LogP contribution in [0.5, 0.6) is 5.75 Å². The Hall–Kier alpha value is -2.83. The highest BCUT2D eigenvalue weighted by Gasteiger charge is 2.12. The number of benzene rings is 1. The third-order valence-corrected chi connectivity index (χ3v) is 4.02. The molecule has 2 rings (SSSR count). The molecule has 1 N–H and O–H groups in total. The van der Waals surface area contributed by atoms with Crippen LogP contribution in [0.4, 0.5) is 8.78 Å². The summed E-state index contributed by atoms with van der Waals surface area (Å²) < 4.78 is 29.7. The number of halogens is 2. The summed E-state index contributed by atoms with van der Waals surface area (Å²) >= 11 is 0. The number of carbonyl (C=O) groups is 2. The van der Waals surface area contributed by atoms with E-state index in [4.69, 9.17) is 4.74 Å². The predicted octanol–water partition coefficient (Wildman–Crippen LogP) is 3.73. The van der Waals surface area contributed by atoms with Crippen molar-refractivity contribution in [3.63, 3.8) is 0 Å². The summed E-state index contributed by atoms with van der Waals surface area (Å²) in [6.07, 6.45) is -0.866. The van der Waals surface area contributed by atoms with Gasteiger partial charge in [-0.1, -0.05) is 19.9 Å². The van der Waals surface area contributed by atoms with Crippen LogP contribution in [-0.4, -0.2) is 29.7 Å². The molecule has 1 heterocycles. The summed E-state index contributed by atoms with van der Waals surface area (Å²) in [7, 11) is 0. The number of hydrogen-bond acceptors (Lipinski definition) is 4. The molecule has 0 spiro atoms. The Balaban J connectivity index is 2.01. The number of aromatic nitrogens is 1. The molecule has 0 atom stereocenters. The highest BCUT2D eigenvalue weighted by atomic mass is 19.3. The molecule has 0 bridgehead atoms. The van der Waals surface area contributed by atoms with Gasteiger partial charge in [-0.2, -0.15) is 0 Å². The molecule has 5 nitrogen and oxygen atoms in total. The number of rotatable bonds is 9. The van der Waals surface area contributed by atoms with Crippen LogP contribution in [0.2, 0.25) is 0 Å². The molecule has 0 unspecified atom stereocenters. The lowest BCUT2D eigenvalue weighted by Crippen LogP contribution is -2.23. The smallest absolute Gasteiger partial charge is 0.272 e. The van der Waals surface area contributed by atoms with Crippen molar-refractivity contribution in [3.05, 3.63) is 58.9 Å². The van der Waals surface area contributed by atoms with Crippen LogP contribution in [0.1, 0.15) is 41.0 Å². The predicted molar refractivity (Wildman–Crippen MR) is 102 cm³/mol. The Labute approximate surface area is 163 Å². The Morgan fingerprint density at radius 3 is 2.61 bits per heavy atom. The summed E-state index contributed by atoms with van der Waals surface area (Å²) in [5.41, 5.74) is 2.53. The van der Waals surface area contributed by atoms with E-state index in [2.05, 4.69) is 10.3 Å². The van der Waals surface area contributed by atoms with Gasteiger partial charge in [0.05, 0.1) is 0 Å². The maximum Gasteiger partial charge on any atom is 0.272 e. The topological polar surface area (TPSA) is 68.3 Å². The summed E-state index contributed by atoms with van der Waals surface area (Å²) in [4.78, 5) is 28.4. The molecule has 1 amide bonds. The third kappa shape index (κ3) is 6.72. The molecule has 0 radical (unpaired) electrons. The van der Waals surface area contributed by atoms with Crippen molar-refractivity contribution in [3.8, 4) is 5.75 Å². The van der Waals surface area contributed by atoms with Gasteiger partial charge in [0.15, 0.2) is 0 Å². The lowest BCUT2D eigenvalue weighted by molar-refractivity contribution is -0.121. The fourth-order valence-electron chi connectivity index (χ4n) is 2.55. The standard InChI is InChI=1S/C21H24F2N2O3/c1-13(2)19(26)10-17-9-16(4-5-24-17)21(27)25-11-15-6-14(3)7-18(8-15)28-12-20(22)23/h4-9,13,20H,10-12H2,1-3H3,(H,25,27). The molecule has 28 heavy (non-hydrogen) atoms. The third-order valence-electron chi connectivity index (χ3n) is 4.02. The first-order chi connectivity index (χ1) is 13.2. The van der Waals surface area contributed by atoms with Crippen LogP contribution in [0, 0.1) is 12.8 Å². The highest BCUT2D eigenvalue weighted by Crippen LogP contribution is 2.18. The lowest BCUT2D eigenvalue weighted by Gasteiger charge is -2.11. The zero-order valence-corrected chi connectivity index (χ0v) is 16.2. The van der Waals surface area contributed by atoms with E-state index in [1.54, 1.807) is 24.3 Å². The number of nitrogens with one attached hydrogen (secondary N) is 1. The van der Waals surface area contributed by atoms with Gasteiger partial charge in [0.1, 0.15) is 18.1 Å². The van der Waals surface area contributed by atoms with Crippen molar-refractivity contribution in [1.29, 1.82) is 0 Å². The van der Waals surface area contributed by atoms with Crippen LogP contribution in [0.3, 0.4) is 0 Å². The van der Waals surface area contributed by atoms with Gasteiger partial charge in [-0.05, 0) is 42.3 Å². The van der Waals surface area contributed by atoms with Crippen molar-refractivity contribution in [2.75, 3.05) is 6.61 Å². The Bertz CT molecular complexity index is 838. The van der Waals surface area contributed by atoms with Crippen molar-refractivity contribution in [2.24, 2.45) is 5.92 Å². The van der Waals surface area contributed by atoms with E-state index in [1.807, 2.05) is 26.8 Å². The van der Waals surface area contributed by atoms with Crippen molar-refractivity contribution >= 4 is 11.7 Å². The number of amides is 1. The second-order valence-electron chi connectivity index (χ2n) is 6.87. The van der Waals surface area contributed by atoms with E-state index in [0.29, 0.717) is 17.0 Å². The first kappa shape index (κ1) is 21.5. The van der Waals surface area contributed by atoms with Gasteiger partial charge < -0.3 is 10.1 Å². The molecular weight excluding hydrogens is 366 g/mol. The van der Waals surface area contributed by atoms with Crippen molar-refractivity contribution in [1.82, 2.24) is 10.3 Å². The van der Waals surface area contributed by atoms with Gasteiger partial charge in [-0.3, -0.25) is 14.6 Å². The minimum atomic E-state index is -2.55. The number of carbonyl (C=O) groups excluding carboxylic acids is 2. The van der Waals surface area contributed by atoms with Gasteiger partial charge in [0, 0.05) is 36.3 Å². The second kappa shape index (κ2) is 9.92. The fraction of sp³-hybridized carbons (Fsp3) is 0.381. The van der Waals surface area contributed by atoms with Crippen LogP contribution < -0.4 is 10.1 Å². The summed E-state index contributed by atoms with van der Waals surface area (Å²) in [6.45, 7) is 5.00. The minimum absolute atomic E-state index is 0.0566. The second-order valence-corrected chi connectivity index (χ2v) is 6.87. The van der Waals surface area contributed by atoms with Crippen LogP contribution >= 0.6 is 0 Å². The van der Waals surface area contributed by atoms with Gasteiger partial charge in [0.2, 0.25) is 0 Å². The van der Waals surface area contributed by atoms with Gasteiger partial charge in [0.25, 0.3) is 12.3 Å². The molecule has 0 aliphatic heterocycles. The molecule has 7 heteroatoms. The van der Waals surface area contributed by atoms with Gasteiger partial charge in [-0.15, -0.1) is 0 Å². The van der Waals surface area contributed by atoms with Crippen LogP contribution in [0.15, 0.2) is 36.5 Å². The lowest BCUT2D eigenvalue weighted by atomic mass is 10.0. The number of Topliss-reactive ketones (excluding diaryl/α,β-unsaturated/α-hetero) is 1. The Kier molecular flexibility index (Phi) is 7.61. The number of hydrogen-bond donors (Lipinski definition) is 1. The average Bonchev–Trinajstić information content (AvgIpc) is 2.64. The van der Waals surface area contributed by atoms with E-state index in [1.165, 1.54) is 6.20 Å². The summed E-state index contributed by atoms with van der Waals surface area (Å²) in [6, 6.07) is 8.30. The number of alkyl halides is 2. The minimum Gasteiger partial charge on any atom is -0.488 e. The largest absolute Gasteiger partial charge is 0.488 e. The van der Waals surface area contributed by atoms with Crippen LogP contribution in [-0.2, 0) is 17.8 Å². The van der Waals surface area contributed by atoms with E-state index in [0.717, 1.165) is 11.1 Å². The zero-order chi connectivity index (χ0) is 20.7. The first-order valence-corrected chi connectivity index (χ1v) is 9.02. The maximum absolute atomic E-state index is 12.4. The molecule has 0 fully saturated rings. The molecule has 150 valence electrons. The molecule has 0 saturated heterocycles. The first-order valence-electron chi connectivity index (χ1n) is 9.02. The molecule has 0 aliphatic rings. The zero-order valence-electron chi connectivity index (χ0n) is 16.2. The normalized spacial score (nSPS) is 11.0. The molecule has 1 aromatic carbocycles. The summed E-state index contributed by atoms with van der Waals surface area (Å²) in [5.74, 6) is -0.0108. The van der Waals surface area contributed by atoms with E-state index in [9.17, 15) is 18.4 Å².